The number of unbranched alkanes of at least 4 members (excludes halogenated alkanes) is 3. The number of benzene rings is 2. The zero-order valence-corrected chi connectivity index (χ0v) is 18.7. The molecule has 0 radical (unpaired) electrons. The van der Waals surface area contributed by atoms with E-state index in [-0.39, 0.29) is 0 Å². The predicted molar refractivity (Wildman–Crippen MR) is 121 cm³/mol. The molecule has 0 bridgehead atoms. The van der Waals surface area contributed by atoms with E-state index in [0.717, 1.165) is 12.8 Å². The van der Waals surface area contributed by atoms with Crippen molar-refractivity contribution in [2.75, 3.05) is 13.2 Å². The van der Waals surface area contributed by atoms with Gasteiger partial charge in [-0.1, -0.05) is 38.8 Å². The number of amides is 2. The third-order valence-corrected chi connectivity index (χ3v) is 4.84. The first kappa shape index (κ1) is 23.5. The quantitative estimate of drug-likeness (QED) is 0.271. The molecular formula is C23H27BrN2O4. The molecule has 0 saturated carbocycles. The van der Waals surface area contributed by atoms with Gasteiger partial charge < -0.3 is 9.47 Å². The molecule has 7 heteroatoms. The SMILES string of the molecule is C=CCOc1ccc(C(=O)NNC(=O)c2ccc(OCCCCCC)c(Br)c2)cc1. The van der Waals surface area contributed by atoms with Crippen molar-refractivity contribution in [1.82, 2.24) is 10.9 Å². The summed E-state index contributed by atoms with van der Waals surface area (Å²) in [6.07, 6.45) is 6.15. The summed E-state index contributed by atoms with van der Waals surface area (Å²) in [5.41, 5.74) is 5.61. The highest BCUT2D eigenvalue weighted by molar-refractivity contribution is 9.10. The molecule has 0 aromatic heterocycles. The lowest BCUT2D eigenvalue weighted by molar-refractivity contribution is 0.0846. The van der Waals surface area contributed by atoms with E-state index in [2.05, 4.69) is 40.3 Å². The van der Waals surface area contributed by atoms with Gasteiger partial charge in [0.2, 0.25) is 0 Å². The molecule has 0 saturated heterocycles. The van der Waals surface area contributed by atoms with Crippen molar-refractivity contribution in [2.45, 2.75) is 32.6 Å². The molecule has 0 heterocycles. The van der Waals surface area contributed by atoms with Crippen molar-refractivity contribution in [1.29, 1.82) is 0 Å². The van der Waals surface area contributed by atoms with Crippen molar-refractivity contribution in [3.8, 4) is 11.5 Å². The number of hydrogen-bond acceptors (Lipinski definition) is 4. The molecule has 0 aliphatic rings. The van der Waals surface area contributed by atoms with Gasteiger partial charge in [-0.15, -0.1) is 0 Å². The monoisotopic (exact) mass is 474 g/mol. The number of carbonyl (C=O) groups excluding carboxylic acids is 2. The average molecular weight is 475 g/mol. The lowest BCUT2D eigenvalue weighted by Gasteiger charge is -2.11. The largest absolute Gasteiger partial charge is 0.492 e. The molecule has 0 spiro atoms. The lowest BCUT2D eigenvalue weighted by atomic mass is 10.2. The minimum Gasteiger partial charge on any atom is -0.492 e. The van der Waals surface area contributed by atoms with E-state index in [9.17, 15) is 9.59 Å². The number of nitrogens with one attached hydrogen (secondary N) is 2. The van der Waals surface area contributed by atoms with Gasteiger partial charge in [-0.3, -0.25) is 20.4 Å². The average Bonchev–Trinajstić information content (AvgIpc) is 2.76. The zero-order chi connectivity index (χ0) is 21.8. The Morgan fingerprint density at radius 3 is 2.27 bits per heavy atom. The van der Waals surface area contributed by atoms with E-state index < -0.39 is 11.8 Å². The number of halogens is 1. The van der Waals surface area contributed by atoms with Crippen molar-refractivity contribution in [3.63, 3.8) is 0 Å². The molecule has 2 aromatic carbocycles. The Morgan fingerprint density at radius 1 is 0.967 bits per heavy atom. The number of carbonyl (C=O) groups is 2. The van der Waals surface area contributed by atoms with E-state index in [0.29, 0.717) is 40.3 Å². The normalized spacial score (nSPS) is 10.2. The minimum absolute atomic E-state index is 0.389. The third-order valence-electron chi connectivity index (χ3n) is 4.22. The molecule has 2 rings (SSSR count). The van der Waals surface area contributed by atoms with Gasteiger partial charge in [-0.2, -0.15) is 0 Å². The number of hydrogen-bond donors (Lipinski definition) is 2. The first-order valence-corrected chi connectivity index (χ1v) is 10.7. The van der Waals surface area contributed by atoms with Crippen LogP contribution >= 0.6 is 15.9 Å². The van der Waals surface area contributed by atoms with Crippen LogP contribution in [0.15, 0.2) is 59.6 Å². The molecule has 0 unspecified atom stereocenters. The highest BCUT2D eigenvalue weighted by atomic mass is 79.9. The van der Waals surface area contributed by atoms with Crippen LogP contribution in [0.1, 0.15) is 53.3 Å². The Labute approximate surface area is 185 Å². The summed E-state index contributed by atoms with van der Waals surface area (Å²) in [5.74, 6) is 0.466. The number of ether oxygens (including phenoxy) is 2. The summed E-state index contributed by atoms with van der Waals surface area (Å²) in [7, 11) is 0. The van der Waals surface area contributed by atoms with Crippen LogP contribution in [0.3, 0.4) is 0 Å². The third kappa shape index (κ3) is 7.55. The molecule has 2 N–H and O–H groups in total. The van der Waals surface area contributed by atoms with Gasteiger partial charge >= 0.3 is 0 Å². The van der Waals surface area contributed by atoms with Crippen LogP contribution in [-0.4, -0.2) is 25.0 Å². The van der Waals surface area contributed by atoms with Gasteiger partial charge in [-0.05, 0) is 64.8 Å². The van der Waals surface area contributed by atoms with Crippen LogP contribution in [0.5, 0.6) is 11.5 Å². The van der Waals surface area contributed by atoms with Crippen LogP contribution in [0.4, 0.5) is 0 Å². The first-order chi connectivity index (χ1) is 14.5. The second-order valence-corrected chi connectivity index (χ2v) is 7.44. The predicted octanol–water partition coefficient (Wildman–Crippen LogP) is 5.05. The molecule has 0 aliphatic carbocycles. The Hall–Kier alpha value is -2.80. The molecule has 0 aliphatic heterocycles. The van der Waals surface area contributed by atoms with Gasteiger partial charge in [0.1, 0.15) is 18.1 Å². The maximum absolute atomic E-state index is 12.3. The van der Waals surface area contributed by atoms with Crippen LogP contribution < -0.4 is 20.3 Å². The number of rotatable bonds is 11. The molecular weight excluding hydrogens is 448 g/mol. The summed E-state index contributed by atoms with van der Waals surface area (Å²) in [6, 6.07) is 11.6. The molecule has 30 heavy (non-hydrogen) atoms. The van der Waals surface area contributed by atoms with Gasteiger partial charge in [-0.25, -0.2) is 0 Å². The van der Waals surface area contributed by atoms with Crippen molar-refractivity contribution < 1.29 is 19.1 Å². The fourth-order valence-electron chi connectivity index (χ4n) is 2.59. The van der Waals surface area contributed by atoms with Gasteiger partial charge in [0.05, 0.1) is 11.1 Å². The van der Waals surface area contributed by atoms with Crippen molar-refractivity contribution >= 4 is 27.7 Å². The summed E-state index contributed by atoms with van der Waals surface area (Å²) < 4.78 is 11.8. The fourth-order valence-corrected chi connectivity index (χ4v) is 3.08. The Bertz CT molecular complexity index is 853. The molecule has 0 atom stereocenters. The van der Waals surface area contributed by atoms with Crippen LogP contribution in [0, 0.1) is 0 Å². The maximum Gasteiger partial charge on any atom is 0.269 e. The van der Waals surface area contributed by atoms with E-state index in [1.807, 2.05) is 0 Å². The van der Waals surface area contributed by atoms with Crippen molar-refractivity contribution in [2.24, 2.45) is 0 Å². The molecule has 2 amide bonds. The highest BCUT2D eigenvalue weighted by Crippen LogP contribution is 2.26. The van der Waals surface area contributed by atoms with Gasteiger partial charge in [0.15, 0.2) is 0 Å². The standard InChI is InChI=1S/C23H27BrN2O4/c1-3-5-6-7-15-30-21-13-10-18(16-20(21)24)23(28)26-25-22(27)17-8-11-19(12-9-17)29-14-4-2/h4,8-13,16H,2-3,5-7,14-15H2,1H3,(H,25,27)(H,26,28). The van der Waals surface area contributed by atoms with Crippen molar-refractivity contribution in [3.05, 3.63) is 70.7 Å². The summed E-state index contributed by atoms with van der Waals surface area (Å²) in [4.78, 5) is 24.5. The van der Waals surface area contributed by atoms with E-state index in [1.54, 1.807) is 48.5 Å². The van der Waals surface area contributed by atoms with E-state index >= 15 is 0 Å². The second-order valence-electron chi connectivity index (χ2n) is 6.59. The van der Waals surface area contributed by atoms with Crippen LogP contribution in [0.25, 0.3) is 0 Å². The smallest absolute Gasteiger partial charge is 0.269 e. The summed E-state index contributed by atoms with van der Waals surface area (Å²) >= 11 is 3.43. The van der Waals surface area contributed by atoms with Crippen LogP contribution in [-0.2, 0) is 0 Å². The molecule has 6 nitrogen and oxygen atoms in total. The molecule has 2 aromatic rings. The van der Waals surface area contributed by atoms with E-state index in [1.165, 1.54) is 12.8 Å². The summed E-state index contributed by atoms with van der Waals surface area (Å²) in [5, 5.41) is 0. The summed E-state index contributed by atoms with van der Waals surface area (Å²) in [6.45, 7) is 6.77. The number of hydrazine groups is 1. The van der Waals surface area contributed by atoms with Crippen LogP contribution in [0.2, 0.25) is 0 Å². The zero-order valence-electron chi connectivity index (χ0n) is 17.1. The lowest BCUT2D eigenvalue weighted by Crippen LogP contribution is -2.41. The Balaban J connectivity index is 1.84. The molecule has 160 valence electrons. The maximum atomic E-state index is 12.3. The second kappa shape index (κ2) is 12.7. The molecule has 0 fully saturated rings. The Kier molecular flexibility index (Phi) is 9.94. The first-order valence-electron chi connectivity index (χ1n) is 9.92. The van der Waals surface area contributed by atoms with E-state index in [4.69, 9.17) is 9.47 Å². The fraction of sp³-hybridized carbons (Fsp3) is 0.304. The minimum atomic E-state index is -0.426. The Morgan fingerprint density at radius 2 is 1.63 bits per heavy atom. The topological polar surface area (TPSA) is 76.7 Å². The highest BCUT2D eigenvalue weighted by Gasteiger charge is 2.11. The van der Waals surface area contributed by atoms with Gasteiger partial charge in [0, 0.05) is 11.1 Å². The van der Waals surface area contributed by atoms with Gasteiger partial charge in [0.25, 0.3) is 11.8 Å².